The molecule has 10 heteroatoms. The lowest BCUT2D eigenvalue weighted by atomic mass is 10.1. The molecule has 0 aliphatic carbocycles. The Hall–Kier alpha value is -3.63. The van der Waals surface area contributed by atoms with Crippen LogP contribution >= 0.6 is 23.5 Å². The van der Waals surface area contributed by atoms with Crippen LogP contribution in [-0.2, 0) is 4.79 Å². The Balaban J connectivity index is 1.31. The van der Waals surface area contributed by atoms with Crippen molar-refractivity contribution in [1.82, 2.24) is 5.01 Å². The van der Waals surface area contributed by atoms with Crippen molar-refractivity contribution in [3.63, 3.8) is 0 Å². The highest BCUT2D eigenvalue weighted by molar-refractivity contribution is 8.45. The predicted molar refractivity (Wildman–Crippen MR) is 132 cm³/mol. The van der Waals surface area contributed by atoms with Crippen LogP contribution in [0.3, 0.4) is 0 Å². The minimum Gasteiger partial charge on any atom is -0.493 e. The number of thioether (sulfide) groups is 2. The monoisotopic (exact) mass is 476 g/mol. The van der Waals surface area contributed by atoms with Crippen LogP contribution in [0.5, 0.6) is 5.75 Å². The van der Waals surface area contributed by atoms with E-state index < -0.39 is 5.91 Å². The minimum atomic E-state index is -0.597. The summed E-state index contributed by atoms with van der Waals surface area (Å²) in [5.74, 6) is 0.701. The van der Waals surface area contributed by atoms with Crippen LogP contribution in [0.25, 0.3) is 17.0 Å². The molecule has 0 fully saturated rings. The van der Waals surface area contributed by atoms with E-state index in [1.54, 1.807) is 24.3 Å². The highest BCUT2D eigenvalue weighted by Crippen LogP contribution is 2.32. The quantitative estimate of drug-likeness (QED) is 0.435. The van der Waals surface area contributed by atoms with Gasteiger partial charge in [-0.25, -0.2) is 0 Å². The molecule has 1 amide bonds. The number of amides is 1. The van der Waals surface area contributed by atoms with E-state index in [0.717, 1.165) is 5.75 Å². The zero-order chi connectivity index (χ0) is 22.8. The molecule has 1 N–H and O–H groups in total. The van der Waals surface area contributed by atoms with Crippen LogP contribution < -0.4 is 10.2 Å². The first-order valence-corrected chi connectivity index (χ1v) is 11.7. The Morgan fingerprint density at radius 3 is 2.76 bits per heavy atom. The van der Waals surface area contributed by atoms with E-state index in [1.807, 2.05) is 30.3 Å². The SMILES string of the molecule is N=C1/C(=C/c2coc3ccccc3c2=O)C(=O)N=C2SC(SCCOc3ccccc3)=NN12. The maximum atomic E-state index is 12.8. The third-order valence-corrected chi connectivity index (χ3v) is 6.77. The van der Waals surface area contributed by atoms with Crippen LogP contribution in [0.2, 0.25) is 0 Å². The number of fused-ring (bicyclic) bond motifs is 2. The Morgan fingerprint density at radius 1 is 1.12 bits per heavy atom. The lowest BCUT2D eigenvalue weighted by Gasteiger charge is -2.19. The van der Waals surface area contributed by atoms with Gasteiger partial charge in [0, 0.05) is 5.75 Å². The second-order valence-electron chi connectivity index (χ2n) is 6.91. The largest absolute Gasteiger partial charge is 0.493 e. The molecule has 2 aromatic carbocycles. The molecule has 0 bridgehead atoms. The summed E-state index contributed by atoms with van der Waals surface area (Å²) in [6, 6.07) is 16.4. The van der Waals surface area contributed by atoms with Crippen molar-refractivity contribution in [2.75, 3.05) is 12.4 Å². The second-order valence-corrected chi connectivity index (χ2v) is 9.21. The van der Waals surface area contributed by atoms with Gasteiger partial charge in [0.1, 0.15) is 17.6 Å². The molecule has 0 saturated carbocycles. The number of hydrogen-bond acceptors (Lipinski definition) is 8. The average molecular weight is 477 g/mol. The van der Waals surface area contributed by atoms with Crippen LogP contribution in [-0.4, -0.2) is 38.7 Å². The van der Waals surface area contributed by atoms with Gasteiger partial charge in [0.2, 0.25) is 5.17 Å². The molecule has 0 atom stereocenters. The molecule has 5 rings (SSSR count). The molecular weight excluding hydrogens is 460 g/mol. The summed E-state index contributed by atoms with van der Waals surface area (Å²) in [6.45, 7) is 0.486. The number of ether oxygens (including phenoxy) is 1. The highest BCUT2D eigenvalue weighted by Gasteiger charge is 2.36. The summed E-state index contributed by atoms with van der Waals surface area (Å²) in [4.78, 5) is 29.4. The van der Waals surface area contributed by atoms with E-state index in [1.165, 1.54) is 40.9 Å². The van der Waals surface area contributed by atoms with E-state index in [2.05, 4.69) is 10.1 Å². The van der Waals surface area contributed by atoms with Crippen molar-refractivity contribution in [3.8, 4) is 5.75 Å². The number of aliphatic imine (C=N–C) groups is 1. The number of carbonyl (C=O) groups excluding carboxylic acids is 1. The predicted octanol–water partition coefficient (Wildman–Crippen LogP) is 4.18. The van der Waals surface area contributed by atoms with Gasteiger partial charge < -0.3 is 9.15 Å². The molecule has 0 saturated heterocycles. The Morgan fingerprint density at radius 2 is 1.91 bits per heavy atom. The summed E-state index contributed by atoms with van der Waals surface area (Å²) in [7, 11) is 0. The molecule has 164 valence electrons. The van der Waals surface area contributed by atoms with Crippen molar-refractivity contribution >= 4 is 61.9 Å². The zero-order valence-electron chi connectivity index (χ0n) is 17.1. The molecule has 3 heterocycles. The molecule has 2 aliphatic rings. The molecular formula is C23H16N4O4S2. The van der Waals surface area contributed by atoms with Gasteiger partial charge in [-0.2, -0.15) is 10.0 Å². The third-order valence-electron chi connectivity index (χ3n) is 4.76. The fourth-order valence-corrected chi connectivity index (χ4v) is 5.00. The smallest absolute Gasteiger partial charge is 0.283 e. The van der Waals surface area contributed by atoms with Crippen molar-refractivity contribution < 1.29 is 13.9 Å². The summed E-state index contributed by atoms with van der Waals surface area (Å²) >= 11 is 2.68. The van der Waals surface area contributed by atoms with E-state index >= 15 is 0 Å². The maximum Gasteiger partial charge on any atom is 0.283 e. The lowest BCUT2D eigenvalue weighted by Crippen LogP contribution is -2.35. The molecule has 0 unspecified atom stereocenters. The first-order valence-electron chi connectivity index (χ1n) is 9.91. The zero-order valence-corrected chi connectivity index (χ0v) is 18.7. The topological polar surface area (TPSA) is 108 Å². The van der Waals surface area contributed by atoms with E-state index in [4.69, 9.17) is 14.6 Å². The van der Waals surface area contributed by atoms with Gasteiger partial charge in [0.15, 0.2) is 15.6 Å². The van der Waals surface area contributed by atoms with Crippen molar-refractivity contribution in [1.29, 1.82) is 5.41 Å². The fraction of sp³-hybridized carbons (Fsp3) is 0.0870. The van der Waals surface area contributed by atoms with Gasteiger partial charge in [-0.3, -0.25) is 15.0 Å². The standard InChI is InChI=1S/C23H16N4O4S2/c24-20-17(12-14-13-31-18-9-5-4-8-16(18)19(14)28)21(29)25-22-27(20)26-23(33-22)32-11-10-30-15-6-2-1-3-7-15/h1-9,12-13,24H,10-11H2/b17-12-,24-20?. The number of rotatable bonds is 5. The first-order chi connectivity index (χ1) is 16.1. The number of para-hydroxylation sites is 2. The number of nitrogens with one attached hydrogen (secondary N) is 1. The fourth-order valence-electron chi connectivity index (χ4n) is 3.19. The average Bonchev–Trinajstić information content (AvgIpc) is 3.24. The summed E-state index contributed by atoms with van der Waals surface area (Å²) < 4.78 is 11.8. The van der Waals surface area contributed by atoms with Crippen molar-refractivity contribution in [3.05, 3.63) is 82.2 Å². The molecule has 3 aromatic rings. The highest BCUT2D eigenvalue weighted by atomic mass is 32.2. The molecule has 0 radical (unpaired) electrons. The second kappa shape index (κ2) is 9.08. The number of amidine groups is 2. The summed E-state index contributed by atoms with van der Waals surface area (Å²) in [5.41, 5.74) is 0.315. The number of nitrogens with zero attached hydrogens (tertiary/aromatic N) is 3. The van der Waals surface area contributed by atoms with Gasteiger partial charge in [0.05, 0.1) is 23.1 Å². The minimum absolute atomic E-state index is 0.0238. The molecule has 0 spiro atoms. The first kappa shape index (κ1) is 21.2. The third kappa shape index (κ3) is 4.35. The van der Waals surface area contributed by atoms with Gasteiger partial charge in [-0.05, 0) is 42.1 Å². The van der Waals surface area contributed by atoms with E-state index in [9.17, 15) is 9.59 Å². The molecule has 33 heavy (non-hydrogen) atoms. The number of hydrogen-bond donors (Lipinski definition) is 1. The van der Waals surface area contributed by atoms with Crippen LogP contribution in [0, 0.1) is 5.41 Å². The maximum absolute atomic E-state index is 12.8. The number of benzene rings is 2. The van der Waals surface area contributed by atoms with Crippen LogP contribution in [0.4, 0.5) is 0 Å². The Bertz CT molecular complexity index is 1410. The summed E-state index contributed by atoms with van der Waals surface area (Å²) in [5, 5.41) is 14.9. The van der Waals surface area contributed by atoms with E-state index in [-0.39, 0.29) is 22.4 Å². The van der Waals surface area contributed by atoms with Crippen LogP contribution in [0.1, 0.15) is 5.56 Å². The molecule has 2 aliphatic heterocycles. The molecule has 1 aromatic heterocycles. The van der Waals surface area contributed by atoms with Gasteiger partial charge in [-0.1, -0.05) is 42.1 Å². The Kier molecular flexibility index (Phi) is 5.84. The van der Waals surface area contributed by atoms with Crippen LogP contribution in [0.15, 0.2) is 85.7 Å². The Labute approximate surface area is 196 Å². The van der Waals surface area contributed by atoms with E-state index in [0.29, 0.717) is 32.9 Å². The van der Waals surface area contributed by atoms with Gasteiger partial charge in [-0.15, -0.1) is 5.10 Å². The van der Waals surface area contributed by atoms with Gasteiger partial charge in [0.25, 0.3) is 5.91 Å². The normalized spacial score (nSPS) is 16.7. The van der Waals surface area contributed by atoms with Crippen molar-refractivity contribution in [2.45, 2.75) is 0 Å². The van der Waals surface area contributed by atoms with Gasteiger partial charge >= 0.3 is 0 Å². The lowest BCUT2D eigenvalue weighted by molar-refractivity contribution is -0.114. The van der Waals surface area contributed by atoms with Crippen molar-refractivity contribution in [2.24, 2.45) is 10.1 Å². The number of carbonyl (C=O) groups is 1. The number of hydrazone groups is 1. The molecule has 8 nitrogen and oxygen atoms in total. The summed E-state index contributed by atoms with van der Waals surface area (Å²) in [6.07, 6.45) is 2.62.